The molecule has 336 valence electrons. The lowest BCUT2D eigenvalue weighted by Gasteiger charge is -2.30. The van der Waals surface area contributed by atoms with E-state index in [-0.39, 0.29) is 29.9 Å². The normalized spacial score (nSPS) is 11.8. The third-order valence-electron chi connectivity index (χ3n) is 7.96. The van der Waals surface area contributed by atoms with E-state index in [1.54, 1.807) is 0 Å². The fraction of sp³-hybridized carbons (Fsp3) is 0.892. The van der Waals surface area contributed by atoms with Crippen molar-refractivity contribution < 1.29 is 74.5 Å². The van der Waals surface area contributed by atoms with Gasteiger partial charge in [0.2, 0.25) is 17.7 Å². The Bertz CT molecular complexity index is 1100. The topological polar surface area (TPSA) is 235 Å². The highest BCUT2D eigenvalue weighted by molar-refractivity contribution is 7.85. The van der Waals surface area contributed by atoms with Crippen molar-refractivity contribution in [2.24, 2.45) is 0 Å². The summed E-state index contributed by atoms with van der Waals surface area (Å²) in [7, 11) is -0.300. The Morgan fingerprint density at radius 1 is 0.491 bits per heavy atom. The summed E-state index contributed by atoms with van der Waals surface area (Å²) in [5.74, 6) is -0.559. The SMILES string of the molecule is C[N+](C)(CCCC(=O)NCCOCCOCCOCCOCCOCCOCCOCCOCCC(=O)NCCCCCC(=O)NCCC=O)CCCS(=O)(=O)[O-]. The van der Waals surface area contributed by atoms with Crippen LogP contribution in [-0.4, -0.2) is 200 Å². The second-order valence-corrected chi connectivity index (χ2v) is 15.1. The molecule has 0 aliphatic heterocycles. The molecule has 19 nitrogen and oxygen atoms in total. The highest BCUT2D eigenvalue weighted by atomic mass is 32.2. The van der Waals surface area contributed by atoms with Crippen molar-refractivity contribution >= 4 is 34.1 Å². The van der Waals surface area contributed by atoms with Gasteiger partial charge < -0.3 is 67.7 Å². The van der Waals surface area contributed by atoms with E-state index in [2.05, 4.69) is 16.0 Å². The molecule has 3 N–H and O–H groups in total. The smallest absolute Gasteiger partial charge is 0.222 e. The van der Waals surface area contributed by atoms with Crippen LogP contribution in [-0.2, 0) is 67.2 Å². The minimum Gasteiger partial charge on any atom is -0.748 e. The van der Waals surface area contributed by atoms with Gasteiger partial charge >= 0.3 is 0 Å². The number of hydrogen-bond donors (Lipinski definition) is 3. The average molecular weight is 845 g/mol. The van der Waals surface area contributed by atoms with Crippen LogP contribution in [0.5, 0.6) is 0 Å². The van der Waals surface area contributed by atoms with Gasteiger partial charge in [0.25, 0.3) is 0 Å². The van der Waals surface area contributed by atoms with Gasteiger partial charge in [0.1, 0.15) is 6.29 Å². The Labute approximate surface area is 340 Å². The molecule has 0 bridgehead atoms. The minimum atomic E-state index is -4.19. The van der Waals surface area contributed by atoms with E-state index in [1.165, 1.54) is 0 Å². The molecule has 0 spiro atoms. The Hall–Kier alpha value is -2.37. The van der Waals surface area contributed by atoms with Crippen LogP contribution in [0.25, 0.3) is 0 Å². The third kappa shape index (κ3) is 44.6. The van der Waals surface area contributed by atoms with Crippen LogP contribution in [0.15, 0.2) is 0 Å². The zero-order valence-electron chi connectivity index (χ0n) is 34.5. The van der Waals surface area contributed by atoms with Crippen molar-refractivity contribution in [2.45, 2.75) is 57.8 Å². The first kappa shape index (κ1) is 54.6. The first-order chi connectivity index (χ1) is 27.4. The van der Waals surface area contributed by atoms with Gasteiger partial charge in [-0.2, -0.15) is 0 Å². The lowest BCUT2D eigenvalue weighted by molar-refractivity contribution is -0.890. The Morgan fingerprint density at radius 2 is 0.877 bits per heavy atom. The highest BCUT2D eigenvalue weighted by Crippen LogP contribution is 2.05. The predicted octanol–water partition coefficient (Wildman–Crippen LogP) is -0.201. The van der Waals surface area contributed by atoms with Crippen molar-refractivity contribution in [1.82, 2.24) is 16.0 Å². The fourth-order valence-electron chi connectivity index (χ4n) is 4.87. The van der Waals surface area contributed by atoms with E-state index < -0.39 is 10.1 Å². The first-order valence-corrected chi connectivity index (χ1v) is 21.6. The van der Waals surface area contributed by atoms with E-state index >= 15 is 0 Å². The van der Waals surface area contributed by atoms with Gasteiger partial charge in [-0.1, -0.05) is 6.42 Å². The van der Waals surface area contributed by atoms with Crippen molar-refractivity contribution in [1.29, 1.82) is 0 Å². The van der Waals surface area contributed by atoms with Crippen LogP contribution in [0.4, 0.5) is 0 Å². The molecule has 0 saturated carbocycles. The highest BCUT2D eigenvalue weighted by Gasteiger charge is 2.16. The molecular formula is C37H72N4O15S. The minimum absolute atomic E-state index is 0.0552. The molecule has 0 fully saturated rings. The number of carbonyl (C=O) groups excluding carboxylic acids is 4. The molecule has 0 aromatic carbocycles. The molecule has 0 unspecified atom stereocenters. The van der Waals surface area contributed by atoms with E-state index in [0.717, 1.165) is 25.5 Å². The van der Waals surface area contributed by atoms with Gasteiger partial charge in [0.15, 0.2) is 0 Å². The summed E-state index contributed by atoms with van der Waals surface area (Å²) in [4.78, 5) is 45.6. The Morgan fingerprint density at radius 3 is 1.35 bits per heavy atom. The zero-order chi connectivity index (χ0) is 42.1. The van der Waals surface area contributed by atoms with Crippen LogP contribution >= 0.6 is 0 Å². The van der Waals surface area contributed by atoms with Gasteiger partial charge in [0, 0.05) is 63.9 Å². The molecule has 0 aromatic rings. The maximum Gasteiger partial charge on any atom is 0.222 e. The molecule has 57 heavy (non-hydrogen) atoms. The standard InChI is InChI=1S/C37H72N4O15S/c1-41(2,16-8-34-57(46,47)48)15-6-10-36(44)40-14-19-50-21-23-52-25-27-54-29-31-56-33-32-55-30-28-53-26-24-51-22-20-49-18-11-37(45)38-12-5-3-4-9-35(43)39-13-7-17-42/h17H,3-16,18-34H2,1-2H3,(H3-,38,39,40,43,44,45,46,47,48). The molecule has 0 radical (unpaired) electrons. The molecule has 3 amide bonds. The number of amides is 3. The Kier molecular flexibility index (Phi) is 37.5. The molecule has 0 aliphatic rings. The van der Waals surface area contributed by atoms with Gasteiger partial charge in [-0.3, -0.25) is 14.4 Å². The monoisotopic (exact) mass is 844 g/mol. The summed E-state index contributed by atoms with van der Waals surface area (Å²) < 4.78 is 76.4. The summed E-state index contributed by atoms with van der Waals surface area (Å²) in [5.41, 5.74) is 0. The van der Waals surface area contributed by atoms with E-state index in [0.29, 0.717) is 175 Å². The number of rotatable bonds is 44. The second kappa shape index (κ2) is 39.1. The van der Waals surface area contributed by atoms with E-state index in [9.17, 15) is 32.1 Å². The fourth-order valence-corrected chi connectivity index (χ4v) is 5.35. The number of nitrogens with zero attached hydrogens (tertiary/aromatic N) is 1. The van der Waals surface area contributed by atoms with E-state index in [4.69, 9.17) is 37.9 Å². The molecule has 0 aliphatic carbocycles. The summed E-state index contributed by atoms with van der Waals surface area (Å²) >= 11 is 0. The van der Waals surface area contributed by atoms with Crippen molar-refractivity contribution in [2.75, 3.05) is 158 Å². The molecule has 0 saturated heterocycles. The maximum absolute atomic E-state index is 12.0. The van der Waals surface area contributed by atoms with E-state index in [1.807, 2.05) is 14.1 Å². The molecule has 20 heteroatoms. The molecule has 0 atom stereocenters. The van der Waals surface area contributed by atoms with Crippen LogP contribution in [0.3, 0.4) is 0 Å². The molecule has 0 aromatic heterocycles. The number of aldehydes is 1. The number of unbranched alkanes of at least 4 members (excludes halogenated alkanes) is 2. The quantitative estimate of drug-likeness (QED) is 0.0312. The van der Waals surface area contributed by atoms with Crippen LogP contribution in [0.2, 0.25) is 0 Å². The molecule has 0 rings (SSSR count). The van der Waals surface area contributed by atoms with Crippen molar-refractivity contribution in [3.63, 3.8) is 0 Å². The number of ether oxygens (including phenoxy) is 8. The van der Waals surface area contributed by atoms with Gasteiger partial charge in [-0.25, -0.2) is 8.42 Å². The summed E-state index contributed by atoms with van der Waals surface area (Å²) in [6.07, 6.45) is 5.50. The van der Waals surface area contributed by atoms with Crippen LogP contribution < -0.4 is 16.0 Å². The number of hydrogen-bond acceptors (Lipinski definition) is 15. The van der Waals surface area contributed by atoms with Crippen molar-refractivity contribution in [3.05, 3.63) is 0 Å². The zero-order valence-corrected chi connectivity index (χ0v) is 35.3. The lowest BCUT2D eigenvalue weighted by atomic mass is 10.2. The van der Waals surface area contributed by atoms with Crippen LogP contribution in [0.1, 0.15) is 57.8 Å². The molecule has 0 heterocycles. The maximum atomic E-state index is 12.0. The average Bonchev–Trinajstić information content (AvgIpc) is 3.15. The van der Waals surface area contributed by atoms with Crippen LogP contribution in [0, 0.1) is 0 Å². The van der Waals surface area contributed by atoms with Gasteiger partial charge in [0.05, 0.1) is 143 Å². The third-order valence-corrected chi connectivity index (χ3v) is 8.75. The largest absolute Gasteiger partial charge is 0.748 e. The van der Waals surface area contributed by atoms with Gasteiger partial charge in [-0.05, 0) is 12.8 Å². The summed E-state index contributed by atoms with van der Waals surface area (Å²) in [6, 6.07) is 0. The van der Waals surface area contributed by atoms with Gasteiger partial charge in [-0.15, -0.1) is 0 Å². The second-order valence-electron chi connectivity index (χ2n) is 13.6. The first-order valence-electron chi connectivity index (χ1n) is 20.1. The number of nitrogens with one attached hydrogen (secondary N) is 3. The number of carbonyl (C=O) groups is 4. The number of quaternary nitrogens is 1. The van der Waals surface area contributed by atoms with Crippen molar-refractivity contribution in [3.8, 4) is 0 Å². The Balaban J connectivity index is 3.29. The predicted molar refractivity (Wildman–Crippen MR) is 210 cm³/mol. The summed E-state index contributed by atoms with van der Waals surface area (Å²) in [6.45, 7) is 9.38. The summed E-state index contributed by atoms with van der Waals surface area (Å²) in [5, 5.41) is 8.33. The molecular weight excluding hydrogens is 772 g/mol. The lowest BCUT2D eigenvalue weighted by Crippen LogP contribution is -2.42.